The van der Waals surface area contributed by atoms with Crippen molar-refractivity contribution in [2.24, 2.45) is 11.8 Å². The van der Waals surface area contributed by atoms with Crippen LogP contribution in [0.5, 0.6) is 0 Å². The number of hydrogen-bond acceptors (Lipinski definition) is 5. The van der Waals surface area contributed by atoms with Crippen molar-refractivity contribution in [3.05, 3.63) is 0 Å². The van der Waals surface area contributed by atoms with Crippen molar-refractivity contribution in [3.8, 4) is 0 Å². The number of rotatable bonds is 13. The quantitative estimate of drug-likeness (QED) is 0.509. The fourth-order valence-corrected chi connectivity index (χ4v) is 2.54. The highest BCUT2D eigenvalue weighted by Gasteiger charge is 2.25. The SMILES string of the molecule is CC.CCC(=O)CCC(NC(=O)CCC(NC)C(=O)C(C)C)C(=O)C(C)C. The Bertz CT molecular complexity index is 473. The number of carbonyl (C=O) groups excluding carboxylic acids is 4. The highest BCUT2D eigenvalue weighted by molar-refractivity contribution is 5.91. The summed E-state index contributed by atoms with van der Waals surface area (Å²) in [5.41, 5.74) is 0. The lowest BCUT2D eigenvalue weighted by Gasteiger charge is -2.21. The molecule has 0 radical (unpaired) electrons. The maximum absolute atomic E-state index is 12.3. The van der Waals surface area contributed by atoms with Crippen molar-refractivity contribution in [2.45, 2.75) is 92.7 Å². The second-order valence-electron chi connectivity index (χ2n) is 7.05. The van der Waals surface area contributed by atoms with Gasteiger partial charge in [-0.05, 0) is 19.9 Å². The van der Waals surface area contributed by atoms with Crippen LogP contribution in [0.2, 0.25) is 0 Å². The second kappa shape index (κ2) is 15.5. The third kappa shape index (κ3) is 11.7. The normalized spacial score (nSPS) is 12.8. The van der Waals surface area contributed by atoms with Gasteiger partial charge in [0.05, 0.1) is 12.1 Å². The summed E-state index contributed by atoms with van der Waals surface area (Å²) in [6.07, 6.45) is 1.59. The molecule has 0 spiro atoms. The summed E-state index contributed by atoms with van der Waals surface area (Å²) < 4.78 is 0. The molecule has 0 rings (SSSR count). The molecule has 158 valence electrons. The van der Waals surface area contributed by atoms with Gasteiger partial charge in [0, 0.05) is 31.1 Å². The molecule has 1 amide bonds. The first-order chi connectivity index (χ1) is 12.6. The van der Waals surface area contributed by atoms with Gasteiger partial charge in [-0.1, -0.05) is 48.5 Å². The summed E-state index contributed by atoms with van der Waals surface area (Å²) in [7, 11) is 1.70. The minimum atomic E-state index is -0.642. The Morgan fingerprint density at radius 1 is 0.778 bits per heavy atom. The van der Waals surface area contributed by atoms with Gasteiger partial charge >= 0.3 is 0 Å². The topological polar surface area (TPSA) is 92.3 Å². The minimum absolute atomic E-state index is 0.0682. The molecule has 6 nitrogen and oxygen atoms in total. The Hall–Kier alpha value is -1.56. The predicted octanol–water partition coefficient (Wildman–Crippen LogP) is 3.08. The number of ketones is 3. The van der Waals surface area contributed by atoms with Crippen molar-refractivity contribution >= 4 is 23.3 Å². The Morgan fingerprint density at radius 2 is 1.22 bits per heavy atom. The van der Waals surface area contributed by atoms with E-state index in [4.69, 9.17) is 0 Å². The maximum atomic E-state index is 12.3. The van der Waals surface area contributed by atoms with Crippen molar-refractivity contribution in [1.29, 1.82) is 0 Å². The van der Waals surface area contributed by atoms with E-state index >= 15 is 0 Å². The molecular weight excluding hydrogens is 344 g/mol. The Morgan fingerprint density at radius 3 is 1.63 bits per heavy atom. The Balaban J connectivity index is 0. The number of amides is 1. The summed E-state index contributed by atoms with van der Waals surface area (Å²) in [6.45, 7) is 13.0. The molecule has 2 unspecified atom stereocenters. The second-order valence-corrected chi connectivity index (χ2v) is 7.05. The summed E-state index contributed by atoms with van der Waals surface area (Å²) in [4.78, 5) is 48.0. The van der Waals surface area contributed by atoms with Crippen molar-refractivity contribution in [2.75, 3.05) is 7.05 Å². The number of hydrogen-bond donors (Lipinski definition) is 2. The van der Waals surface area contributed by atoms with Crippen LogP contribution in [0.4, 0.5) is 0 Å². The smallest absolute Gasteiger partial charge is 0.220 e. The van der Waals surface area contributed by atoms with Gasteiger partial charge in [-0.3, -0.25) is 19.2 Å². The zero-order valence-corrected chi connectivity index (χ0v) is 18.5. The first-order valence-corrected chi connectivity index (χ1v) is 10.2. The molecule has 0 heterocycles. The molecule has 0 saturated carbocycles. The average Bonchev–Trinajstić information content (AvgIpc) is 2.65. The molecule has 0 aliphatic carbocycles. The van der Waals surface area contributed by atoms with E-state index in [1.807, 2.05) is 27.7 Å². The molecule has 0 saturated heterocycles. The predicted molar refractivity (Wildman–Crippen MR) is 110 cm³/mol. The molecule has 0 aromatic carbocycles. The summed E-state index contributed by atoms with van der Waals surface area (Å²) >= 11 is 0. The molecular formula is C21H40N2O4. The zero-order chi connectivity index (χ0) is 21.6. The van der Waals surface area contributed by atoms with Crippen LogP contribution < -0.4 is 10.6 Å². The number of likely N-dealkylation sites (N-methyl/N-ethyl adjacent to an activating group) is 1. The minimum Gasteiger partial charge on any atom is -0.346 e. The third-order valence-corrected chi connectivity index (χ3v) is 4.27. The van der Waals surface area contributed by atoms with Crippen LogP contribution in [-0.4, -0.2) is 42.4 Å². The fraction of sp³-hybridized carbons (Fsp3) is 0.810. The van der Waals surface area contributed by atoms with Gasteiger partial charge in [-0.25, -0.2) is 0 Å². The lowest BCUT2D eigenvalue weighted by Crippen LogP contribution is -2.44. The molecule has 0 fully saturated rings. The highest BCUT2D eigenvalue weighted by Crippen LogP contribution is 2.10. The van der Waals surface area contributed by atoms with E-state index in [1.54, 1.807) is 27.8 Å². The van der Waals surface area contributed by atoms with Gasteiger partial charge in [0.15, 0.2) is 11.6 Å². The van der Waals surface area contributed by atoms with Gasteiger partial charge in [0.2, 0.25) is 5.91 Å². The summed E-state index contributed by atoms with van der Waals surface area (Å²) in [5.74, 6) is -0.502. The highest BCUT2D eigenvalue weighted by atomic mass is 16.2. The van der Waals surface area contributed by atoms with E-state index < -0.39 is 6.04 Å². The van der Waals surface area contributed by atoms with Gasteiger partial charge < -0.3 is 10.6 Å². The van der Waals surface area contributed by atoms with Crippen LogP contribution >= 0.6 is 0 Å². The van der Waals surface area contributed by atoms with Crippen molar-refractivity contribution in [1.82, 2.24) is 10.6 Å². The molecule has 6 heteroatoms. The van der Waals surface area contributed by atoms with E-state index in [0.29, 0.717) is 19.3 Å². The van der Waals surface area contributed by atoms with Gasteiger partial charge in [0.25, 0.3) is 0 Å². The number of carbonyl (C=O) groups is 4. The Labute approximate surface area is 165 Å². The Kier molecular flexibility index (Phi) is 15.9. The molecule has 0 aromatic rings. The third-order valence-electron chi connectivity index (χ3n) is 4.27. The summed E-state index contributed by atoms with van der Waals surface area (Å²) in [5, 5.41) is 5.68. The molecule has 0 bridgehead atoms. The van der Waals surface area contributed by atoms with Gasteiger partial charge in [0.1, 0.15) is 5.78 Å². The zero-order valence-electron chi connectivity index (χ0n) is 18.5. The summed E-state index contributed by atoms with van der Waals surface area (Å²) in [6, 6.07) is -1.01. The van der Waals surface area contributed by atoms with E-state index in [9.17, 15) is 19.2 Å². The van der Waals surface area contributed by atoms with Crippen LogP contribution in [-0.2, 0) is 19.2 Å². The van der Waals surface area contributed by atoms with Crippen molar-refractivity contribution < 1.29 is 19.2 Å². The van der Waals surface area contributed by atoms with E-state index in [2.05, 4.69) is 10.6 Å². The monoisotopic (exact) mass is 384 g/mol. The van der Waals surface area contributed by atoms with Crippen LogP contribution in [0, 0.1) is 11.8 Å². The fourth-order valence-electron chi connectivity index (χ4n) is 2.54. The van der Waals surface area contributed by atoms with Crippen LogP contribution in [0.15, 0.2) is 0 Å². The van der Waals surface area contributed by atoms with E-state index in [-0.39, 0.29) is 54.0 Å². The standard InChI is InChI=1S/C19H34N2O4.C2H6/c1-7-14(22)8-9-16(19(25)13(4)5)21-17(23)11-10-15(20-6)18(24)12(2)3;1-2/h12-13,15-16,20H,7-11H2,1-6H3,(H,21,23);1-2H3. The van der Waals surface area contributed by atoms with Crippen LogP contribution in [0.1, 0.15) is 80.6 Å². The first kappa shape index (κ1) is 27.7. The van der Waals surface area contributed by atoms with Crippen LogP contribution in [0.25, 0.3) is 0 Å². The number of Topliss-reactive ketones (excluding diaryl/α,β-unsaturated/α-hetero) is 3. The maximum Gasteiger partial charge on any atom is 0.220 e. The lowest BCUT2D eigenvalue weighted by molar-refractivity contribution is -0.130. The molecule has 0 aliphatic heterocycles. The first-order valence-electron chi connectivity index (χ1n) is 10.2. The molecule has 2 N–H and O–H groups in total. The lowest BCUT2D eigenvalue weighted by atomic mass is 9.95. The van der Waals surface area contributed by atoms with Gasteiger partial charge in [-0.15, -0.1) is 0 Å². The van der Waals surface area contributed by atoms with E-state index in [0.717, 1.165) is 0 Å². The molecule has 27 heavy (non-hydrogen) atoms. The molecule has 0 aliphatic rings. The van der Waals surface area contributed by atoms with E-state index in [1.165, 1.54) is 0 Å². The van der Waals surface area contributed by atoms with Crippen molar-refractivity contribution in [3.63, 3.8) is 0 Å². The van der Waals surface area contributed by atoms with Crippen LogP contribution in [0.3, 0.4) is 0 Å². The average molecular weight is 385 g/mol. The molecule has 0 aromatic heterocycles. The molecule has 2 atom stereocenters. The van der Waals surface area contributed by atoms with Gasteiger partial charge in [-0.2, -0.15) is 0 Å². The largest absolute Gasteiger partial charge is 0.346 e. The number of nitrogens with one attached hydrogen (secondary N) is 2.